The average molecular weight is 627 g/mol. The first-order valence-electron chi connectivity index (χ1n) is 18.1. The molecule has 256 valence electrons. The van der Waals surface area contributed by atoms with E-state index in [1.165, 1.54) is 98.6 Å². The maximum absolute atomic E-state index is 13.1. The summed E-state index contributed by atoms with van der Waals surface area (Å²) in [7, 11) is 0. The first-order chi connectivity index (χ1) is 21.9. The van der Waals surface area contributed by atoms with Crippen LogP contribution in [0.25, 0.3) is 0 Å². The summed E-state index contributed by atoms with van der Waals surface area (Å²) in [4.78, 5) is 0. The van der Waals surface area contributed by atoms with E-state index in [1.54, 1.807) is 0 Å². The van der Waals surface area contributed by atoms with E-state index in [0.29, 0.717) is 6.61 Å². The minimum Gasteiger partial charge on any atom is -0.490 e. The van der Waals surface area contributed by atoms with Gasteiger partial charge in [0.1, 0.15) is 0 Å². The van der Waals surface area contributed by atoms with Crippen molar-refractivity contribution in [3.63, 3.8) is 0 Å². The van der Waals surface area contributed by atoms with Gasteiger partial charge in [0.05, 0.1) is 6.61 Å². The molecule has 0 amide bonds. The van der Waals surface area contributed by atoms with Gasteiger partial charge in [0, 0.05) is 0 Å². The van der Waals surface area contributed by atoms with Gasteiger partial charge in [-0.3, -0.25) is 0 Å². The zero-order valence-corrected chi connectivity index (χ0v) is 30.6. The summed E-state index contributed by atoms with van der Waals surface area (Å²) in [5, 5.41) is 0. The molecular weight excluding hydrogens is 558 g/mol. The fourth-order valence-corrected chi connectivity index (χ4v) is 4.57. The van der Waals surface area contributed by atoms with Gasteiger partial charge in [0.25, 0.3) is 0 Å². The Bertz CT molecular complexity index is 993. The summed E-state index contributed by atoms with van der Waals surface area (Å²) >= 11 is 0. The molecule has 0 aliphatic rings. The third-order valence-corrected chi connectivity index (χ3v) is 7.29. The zero-order chi connectivity index (χ0) is 34.1. The number of rotatable bonds is 16. The highest BCUT2D eigenvalue weighted by atomic mass is 19.2. The molecule has 3 aromatic carbocycles. The number of ether oxygens (including phenoxy) is 1. The molecule has 0 spiro atoms. The highest BCUT2D eigenvalue weighted by molar-refractivity contribution is 5.26. The molecule has 3 rings (SSSR count). The number of hydrogen-bond donors (Lipinski definition) is 0. The quantitative estimate of drug-likeness (QED) is 0.144. The highest BCUT2D eigenvalue weighted by Crippen LogP contribution is 2.19. The van der Waals surface area contributed by atoms with Crippen LogP contribution in [0.5, 0.6) is 5.75 Å². The number of benzene rings is 3. The van der Waals surface area contributed by atoms with Crippen LogP contribution in [0.3, 0.4) is 0 Å². The lowest BCUT2D eigenvalue weighted by molar-refractivity contribution is 0.285. The van der Waals surface area contributed by atoms with Crippen molar-refractivity contribution >= 4 is 0 Å². The molecule has 1 nitrogen and oxygen atoms in total. The minimum atomic E-state index is -0.895. The lowest BCUT2D eigenvalue weighted by atomic mass is 10.0. The number of aryl methyl sites for hydroxylation is 4. The first kappa shape index (κ1) is 44.4. The molecule has 3 aromatic rings. The summed E-state index contributed by atoms with van der Waals surface area (Å²) in [6, 6.07) is 21.4. The third kappa shape index (κ3) is 23.3. The van der Waals surface area contributed by atoms with Crippen LogP contribution in [0.1, 0.15) is 148 Å². The van der Waals surface area contributed by atoms with Gasteiger partial charge in [-0.15, -0.1) is 0 Å². The lowest BCUT2D eigenvalue weighted by Gasteiger charge is -2.06. The zero-order valence-electron chi connectivity index (χ0n) is 30.6. The Labute approximate surface area is 278 Å². The van der Waals surface area contributed by atoms with Crippen LogP contribution in [0, 0.1) is 25.5 Å². The standard InChI is InChI=1S/2C13H20.C12H16F2O.2C2H6/c2*1-3-4-5-6-10-13-11-8-7-9-12(13)2;1-2-3-4-5-9-15-11-8-6-7-10(13)12(11)14;2*1-2/h2*7-9,11H,3-6,10H2,1-2H3;6-8H,2-5,9H2,1H3;2*1-2H3. The predicted molar refractivity (Wildman–Crippen MR) is 197 cm³/mol. The van der Waals surface area contributed by atoms with E-state index < -0.39 is 11.6 Å². The van der Waals surface area contributed by atoms with Crippen LogP contribution in [-0.2, 0) is 12.8 Å². The first-order valence-corrected chi connectivity index (χ1v) is 18.1. The smallest absolute Gasteiger partial charge is 0.200 e. The van der Waals surface area contributed by atoms with Crippen molar-refractivity contribution in [2.24, 2.45) is 0 Å². The van der Waals surface area contributed by atoms with E-state index in [4.69, 9.17) is 4.74 Å². The number of halogens is 2. The van der Waals surface area contributed by atoms with Gasteiger partial charge in [0.2, 0.25) is 5.82 Å². The van der Waals surface area contributed by atoms with Gasteiger partial charge in [-0.05, 0) is 80.3 Å². The maximum atomic E-state index is 13.1. The molecule has 0 N–H and O–H groups in total. The second-order valence-corrected chi connectivity index (χ2v) is 10.9. The maximum Gasteiger partial charge on any atom is 0.200 e. The molecule has 45 heavy (non-hydrogen) atoms. The molecule has 0 aliphatic heterocycles. The summed E-state index contributed by atoms with van der Waals surface area (Å²) in [5.41, 5.74) is 5.94. The molecule has 0 heterocycles. The van der Waals surface area contributed by atoms with Gasteiger partial charge in [-0.2, -0.15) is 4.39 Å². The molecule has 0 aliphatic carbocycles. The topological polar surface area (TPSA) is 9.23 Å². The molecule has 0 aromatic heterocycles. The lowest BCUT2D eigenvalue weighted by Crippen LogP contribution is -2.00. The van der Waals surface area contributed by atoms with Crippen LogP contribution in [-0.4, -0.2) is 6.61 Å². The Morgan fingerprint density at radius 2 is 0.911 bits per heavy atom. The second-order valence-electron chi connectivity index (χ2n) is 10.9. The molecule has 0 fully saturated rings. The van der Waals surface area contributed by atoms with Gasteiger partial charge in [-0.1, -0.05) is 161 Å². The molecule has 0 bridgehead atoms. The molecule has 0 saturated carbocycles. The van der Waals surface area contributed by atoms with E-state index in [2.05, 4.69) is 83.1 Å². The number of unbranched alkanes of at least 4 members (excludes halogenated alkanes) is 9. The molecule has 0 radical (unpaired) electrons. The fourth-order valence-electron chi connectivity index (χ4n) is 4.57. The molecule has 3 heteroatoms. The Hall–Kier alpha value is -2.68. The van der Waals surface area contributed by atoms with Crippen LogP contribution in [0.4, 0.5) is 8.78 Å². The van der Waals surface area contributed by atoms with Gasteiger partial charge in [0.15, 0.2) is 11.6 Å². The van der Waals surface area contributed by atoms with Crippen LogP contribution >= 0.6 is 0 Å². The summed E-state index contributed by atoms with van der Waals surface area (Å²) in [6.45, 7) is 19.5. The van der Waals surface area contributed by atoms with Crippen LogP contribution < -0.4 is 4.74 Å². The Kier molecular flexibility index (Phi) is 32.3. The monoisotopic (exact) mass is 627 g/mol. The summed E-state index contributed by atoms with van der Waals surface area (Å²) < 4.78 is 31.0. The summed E-state index contributed by atoms with van der Waals surface area (Å²) in [5.74, 6) is -1.75. The van der Waals surface area contributed by atoms with Crippen molar-refractivity contribution in [2.75, 3.05) is 6.61 Å². The van der Waals surface area contributed by atoms with Crippen molar-refractivity contribution in [1.29, 1.82) is 0 Å². The largest absolute Gasteiger partial charge is 0.490 e. The Morgan fingerprint density at radius 3 is 1.33 bits per heavy atom. The van der Waals surface area contributed by atoms with Crippen molar-refractivity contribution < 1.29 is 13.5 Å². The average Bonchev–Trinajstić information content (AvgIpc) is 3.07. The third-order valence-electron chi connectivity index (χ3n) is 7.29. The van der Waals surface area contributed by atoms with Crippen molar-refractivity contribution in [3.05, 3.63) is 101 Å². The molecular formula is C42H68F2O. The fraction of sp³-hybridized carbons (Fsp3) is 0.571. The Balaban J connectivity index is 0. The molecule has 0 unspecified atom stereocenters. The van der Waals surface area contributed by atoms with Crippen molar-refractivity contribution in [3.8, 4) is 5.75 Å². The molecule has 0 saturated heterocycles. The van der Waals surface area contributed by atoms with E-state index in [0.717, 1.165) is 31.7 Å². The van der Waals surface area contributed by atoms with E-state index >= 15 is 0 Å². The summed E-state index contributed by atoms with van der Waals surface area (Å²) in [6.07, 6.45) is 17.6. The van der Waals surface area contributed by atoms with E-state index in [9.17, 15) is 8.78 Å². The van der Waals surface area contributed by atoms with E-state index in [-0.39, 0.29) is 5.75 Å². The van der Waals surface area contributed by atoms with Gasteiger partial charge in [-0.25, -0.2) is 4.39 Å². The van der Waals surface area contributed by atoms with E-state index in [1.807, 2.05) is 27.7 Å². The highest BCUT2D eigenvalue weighted by Gasteiger charge is 2.07. The van der Waals surface area contributed by atoms with Crippen LogP contribution in [0.15, 0.2) is 66.7 Å². The van der Waals surface area contributed by atoms with Crippen LogP contribution in [0.2, 0.25) is 0 Å². The van der Waals surface area contributed by atoms with Crippen molar-refractivity contribution in [2.45, 2.75) is 152 Å². The normalized spacial score (nSPS) is 9.67. The minimum absolute atomic E-state index is 0.00602. The second kappa shape index (κ2) is 32.7. The van der Waals surface area contributed by atoms with Gasteiger partial charge >= 0.3 is 0 Å². The van der Waals surface area contributed by atoms with Crippen molar-refractivity contribution in [1.82, 2.24) is 0 Å². The Morgan fingerprint density at radius 1 is 0.489 bits per heavy atom. The predicted octanol–water partition coefficient (Wildman–Crippen LogP) is 14.2. The SMILES string of the molecule is CC.CC.CCCCCCOc1cccc(F)c1F.CCCCCCc1ccccc1C.CCCCCCc1ccccc1C. The molecule has 0 atom stereocenters. The van der Waals surface area contributed by atoms with Gasteiger partial charge < -0.3 is 4.74 Å². The number of hydrogen-bond acceptors (Lipinski definition) is 1.